The molecule has 260 valence electrons. The van der Waals surface area contributed by atoms with Gasteiger partial charge in [-0.3, -0.25) is 14.4 Å². The zero-order chi connectivity index (χ0) is 35.3. The lowest BCUT2D eigenvalue weighted by molar-refractivity contribution is -0.134. The van der Waals surface area contributed by atoms with Crippen LogP contribution in [0.4, 0.5) is 4.79 Å². The van der Waals surface area contributed by atoms with E-state index in [1.807, 2.05) is 91.0 Å². The molecule has 1 unspecified atom stereocenters. The van der Waals surface area contributed by atoms with Crippen LogP contribution in [-0.2, 0) is 45.1 Å². The SMILES string of the molecule is COc1ccc(C[C@H](NC(=O)C2(NC(=O)OCc3ccccc3)CC2)C(=O)NC(Cc2ccccc2)[C@H](O)C(=O)NCc2ccccc2)cc1. The molecule has 0 aliphatic heterocycles. The fourth-order valence-electron chi connectivity index (χ4n) is 5.46. The van der Waals surface area contributed by atoms with Gasteiger partial charge >= 0.3 is 6.09 Å². The van der Waals surface area contributed by atoms with Crippen molar-refractivity contribution < 1.29 is 33.8 Å². The van der Waals surface area contributed by atoms with Crippen LogP contribution in [0.1, 0.15) is 35.1 Å². The van der Waals surface area contributed by atoms with Crippen LogP contribution < -0.4 is 26.0 Å². The van der Waals surface area contributed by atoms with Crippen LogP contribution >= 0.6 is 0 Å². The van der Waals surface area contributed by atoms with Crippen molar-refractivity contribution in [1.82, 2.24) is 21.3 Å². The van der Waals surface area contributed by atoms with Crippen molar-refractivity contribution in [1.29, 1.82) is 0 Å². The van der Waals surface area contributed by atoms with Crippen LogP contribution in [-0.4, -0.2) is 59.8 Å². The Bertz CT molecular complexity index is 1720. The predicted molar refractivity (Wildman–Crippen MR) is 187 cm³/mol. The number of benzene rings is 4. The van der Waals surface area contributed by atoms with Crippen molar-refractivity contribution in [2.75, 3.05) is 7.11 Å². The first kappa shape index (κ1) is 35.6. The summed E-state index contributed by atoms with van der Waals surface area (Å²) >= 11 is 0. The van der Waals surface area contributed by atoms with Crippen LogP contribution in [0.25, 0.3) is 0 Å². The lowest BCUT2D eigenvalue weighted by Crippen LogP contribution is -2.59. The molecule has 4 amide bonds. The number of carbonyl (C=O) groups excluding carboxylic acids is 4. The Morgan fingerprint density at radius 2 is 1.26 bits per heavy atom. The lowest BCUT2D eigenvalue weighted by Gasteiger charge is -2.28. The highest BCUT2D eigenvalue weighted by Crippen LogP contribution is 2.36. The van der Waals surface area contributed by atoms with E-state index in [-0.39, 0.29) is 26.0 Å². The lowest BCUT2D eigenvalue weighted by atomic mass is 9.98. The van der Waals surface area contributed by atoms with E-state index in [1.165, 1.54) is 0 Å². The van der Waals surface area contributed by atoms with E-state index in [0.29, 0.717) is 18.6 Å². The number of methoxy groups -OCH3 is 1. The molecule has 1 aliphatic carbocycles. The topological polar surface area (TPSA) is 155 Å². The first-order valence-corrected chi connectivity index (χ1v) is 16.5. The van der Waals surface area contributed by atoms with Gasteiger partial charge in [-0.1, -0.05) is 103 Å². The molecule has 0 bridgehead atoms. The predicted octanol–water partition coefficient (Wildman–Crippen LogP) is 3.59. The molecule has 0 heterocycles. The number of aliphatic hydroxyl groups excluding tert-OH is 1. The molecule has 1 fully saturated rings. The van der Waals surface area contributed by atoms with Crippen LogP contribution in [0.5, 0.6) is 5.75 Å². The molecule has 4 aromatic rings. The second kappa shape index (κ2) is 17.1. The molecule has 1 saturated carbocycles. The van der Waals surface area contributed by atoms with E-state index >= 15 is 0 Å². The van der Waals surface area contributed by atoms with E-state index in [2.05, 4.69) is 21.3 Å². The summed E-state index contributed by atoms with van der Waals surface area (Å²) in [5.41, 5.74) is 1.94. The molecule has 3 atom stereocenters. The third-order valence-corrected chi connectivity index (χ3v) is 8.54. The van der Waals surface area contributed by atoms with Gasteiger partial charge in [-0.2, -0.15) is 0 Å². The molecular formula is C39H42N4O7. The number of aliphatic hydroxyl groups is 1. The van der Waals surface area contributed by atoms with Gasteiger partial charge in [0.15, 0.2) is 6.10 Å². The van der Waals surface area contributed by atoms with Crippen LogP contribution in [0.2, 0.25) is 0 Å². The smallest absolute Gasteiger partial charge is 0.408 e. The number of carbonyl (C=O) groups is 4. The Hall–Kier alpha value is -5.68. The van der Waals surface area contributed by atoms with E-state index in [1.54, 1.807) is 31.4 Å². The van der Waals surface area contributed by atoms with Gasteiger partial charge < -0.3 is 35.8 Å². The molecule has 0 aromatic heterocycles. The molecule has 0 radical (unpaired) electrons. The molecule has 4 aromatic carbocycles. The molecule has 0 spiro atoms. The molecular weight excluding hydrogens is 636 g/mol. The summed E-state index contributed by atoms with van der Waals surface area (Å²) in [5, 5.41) is 22.4. The van der Waals surface area contributed by atoms with Crippen molar-refractivity contribution in [3.05, 3.63) is 138 Å². The average Bonchev–Trinajstić information content (AvgIpc) is 3.94. The number of hydrogen-bond acceptors (Lipinski definition) is 7. The van der Waals surface area contributed by atoms with E-state index < -0.39 is 47.5 Å². The normalized spacial score (nSPS) is 14.6. The maximum absolute atomic E-state index is 14.0. The summed E-state index contributed by atoms with van der Waals surface area (Å²) in [4.78, 5) is 53.6. The largest absolute Gasteiger partial charge is 0.497 e. The quantitative estimate of drug-likeness (QED) is 0.121. The van der Waals surface area contributed by atoms with E-state index in [0.717, 1.165) is 22.3 Å². The number of rotatable bonds is 16. The highest BCUT2D eigenvalue weighted by Gasteiger charge is 2.52. The van der Waals surface area contributed by atoms with Gasteiger partial charge in [-0.25, -0.2) is 4.79 Å². The third-order valence-electron chi connectivity index (χ3n) is 8.54. The molecule has 5 N–H and O–H groups in total. The van der Waals surface area contributed by atoms with Gasteiger partial charge in [0.05, 0.1) is 13.2 Å². The number of nitrogens with one attached hydrogen (secondary N) is 4. The first-order valence-electron chi connectivity index (χ1n) is 16.5. The average molecular weight is 679 g/mol. The summed E-state index contributed by atoms with van der Waals surface area (Å²) in [6.07, 6.45) is -1.37. The summed E-state index contributed by atoms with van der Waals surface area (Å²) in [6, 6.07) is 32.5. The van der Waals surface area contributed by atoms with Gasteiger partial charge in [0, 0.05) is 13.0 Å². The van der Waals surface area contributed by atoms with Crippen molar-refractivity contribution in [2.24, 2.45) is 0 Å². The van der Waals surface area contributed by atoms with Crippen LogP contribution in [0.15, 0.2) is 115 Å². The molecule has 5 rings (SSSR count). The van der Waals surface area contributed by atoms with Crippen molar-refractivity contribution in [3.8, 4) is 5.75 Å². The van der Waals surface area contributed by atoms with Gasteiger partial charge in [0.25, 0.3) is 5.91 Å². The second-order valence-corrected chi connectivity index (χ2v) is 12.3. The Morgan fingerprint density at radius 1 is 0.700 bits per heavy atom. The Balaban J connectivity index is 1.30. The van der Waals surface area contributed by atoms with Gasteiger partial charge in [-0.05, 0) is 53.6 Å². The zero-order valence-corrected chi connectivity index (χ0v) is 27.8. The number of hydrogen-bond donors (Lipinski definition) is 5. The van der Waals surface area contributed by atoms with Gasteiger partial charge in [-0.15, -0.1) is 0 Å². The monoisotopic (exact) mass is 678 g/mol. The molecule has 11 nitrogen and oxygen atoms in total. The number of alkyl carbamates (subject to hydrolysis) is 1. The van der Waals surface area contributed by atoms with Gasteiger partial charge in [0.1, 0.15) is 23.9 Å². The maximum atomic E-state index is 14.0. The minimum absolute atomic E-state index is 0.0386. The summed E-state index contributed by atoms with van der Waals surface area (Å²) in [6.45, 7) is 0.235. The Morgan fingerprint density at radius 3 is 1.84 bits per heavy atom. The zero-order valence-electron chi connectivity index (χ0n) is 27.8. The first-order chi connectivity index (χ1) is 24.2. The van der Waals surface area contributed by atoms with E-state index in [9.17, 15) is 24.3 Å². The standard InChI is InChI=1S/C39H42N4O7/c1-49-31-19-17-28(18-20-31)24-33(42-37(47)39(21-22-39)43-38(48)50-26-30-15-9-4-10-16-30)35(45)41-32(23-27-11-5-2-6-12-27)34(44)36(46)40-25-29-13-7-3-8-14-29/h2-20,32-34,44H,21-26H2,1H3,(H,40,46)(H,41,45)(H,42,47)(H,43,48)/t32?,33-,34-/m0/s1. The number of amides is 4. The van der Waals surface area contributed by atoms with E-state index in [4.69, 9.17) is 9.47 Å². The molecule has 1 aliphatic rings. The Kier molecular flexibility index (Phi) is 12.2. The molecule has 50 heavy (non-hydrogen) atoms. The highest BCUT2D eigenvalue weighted by molar-refractivity contribution is 5.96. The molecule has 11 heteroatoms. The van der Waals surface area contributed by atoms with Crippen molar-refractivity contribution >= 4 is 23.8 Å². The summed E-state index contributed by atoms with van der Waals surface area (Å²) in [7, 11) is 1.55. The van der Waals surface area contributed by atoms with Crippen molar-refractivity contribution in [2.45, 2.75) is 62.6 Å². The minimum atomic E-state index is -1.60. The fourth-order valence-corrected chi connectivity index (χ4v) is 5.46. The van der Waals surface area contributed by atoms with Crippen LogP contribution in [0, 0.1) is 0 Å². The van der Waals surface area contributed by atoms with Crippen molar-refractivity contribution in [3.63, 3.8) is 0 Å². The van der Waals surface area contributed by atoms with Gasteiger partial charge in [0.2, 0.25) is 11.8 Å². The molecule has 0 saturated heterocycles. The summed E-state index contributed by atoms with van der Waals surface area (Å²) < 4.78 is 10.6. The highest BCUT2D eigenvalue weighted by atomic mass is 16.5. The summed E-state index contributed by atoms with van der Waals surface area (Å²) in [5.74, 6) is -1.17. The number of ether oxygens (including phenoxy) is 2. The third kappa shape index (κ3) is 10.2. The minimum Gasteiger partial charge on any atom is -0.497 e. The second-order valence-electron chi connectivity index (χ2n) is 12.3. The van der Waals surface area contributed by atoms with Crippen LogP contribution in [0.3, 0.4) is 0 Å². The fraction of sp³-hybridized carbons (Fsp3) is 0.282. The Labute approximate surface area is 291 Å². The maximum Gasteiger partial charge on any atom is 0.408 e.